The summed E-state index contributed by atoms with van der Waals surface area (Å²) in [5, 5.41) is 9.38. The minimum atomic E-state index is -3.72. The van der Waals surface area contributed by atoms with E-state index in [4.69, 9.17) is 27.9 Å². The summed E-state index contributed by atoms with van der Waals surface area (Å²) < 4.78 is 31.8. The lowest BCUT2D eigenvalue weighted by atomic mass is 10.2. The van der Waals surface area contributed by atoms with Crippen molar-refractivity contribution >= 4 is 33.2 Å². The number of nitrogens with one attached hydrogen (secondary N) is 1. The van der Waals surface area contributed by atoms with Gasteiger partial charge in [0.05, 0.1) is 11.6 Å². The van der Waals surface area contributed by atoms with E-state index >= 15 is 0 Å². The number of ether oxygens (including phenoxy) is 1. The zero-order chi connectivity index (χ0) is 15.9. The van der Waals surface area contributed by atoms with E-state index in [1.54, 1.807) is 7.11 Å². The second kappa shape index (κ2) is 8.92. The Bertz CT molecular complexity index is 564. The number of unbranched alkanes of at least 4 members (excludes halogenated alkanes) is 2. The molecule has 0 aliphatic heterocycles. The Kier molecular flexibility index (Phi) is 7.94. The molecule has 120 valence electrons. The van der Waals surface area contributed by atoms with Crippen LogP contribution in [0.15, 0.2) is 17.0 Å². The van der Waals surface area contributed by atoms with Crippen LogP contribution in [0.25, 0.3) is 0 Å². The zero-order valence-electron chi connectivity index (χ0n) is 11.7. The molecule has 0 spiro atoms. The first-order valence-corrected chi connectivity index (χ1v) is 8.74. The molecule has 5 nitrogen and oxygen atoms in total. The zero-order valence-corrected chi connectivity index (χ0v) is 14.1. The molecule has 21 heavy (non-hydrogen) atoms. The fraction of sp³-hybridized carbons (Fsp3) is 0.538. The summed E-state index contributed by atoms with van der Waals surface area (Å²) in [6.07, 6.45) is 2.46. The van der Waals surface area contributed by atoms with E-state index in [0.29, 0.717) is 19.6 Å². The normalized spacial score (nSPS) is 11.8. The monoisotopic (exact) mass is 355 g/mol. The molecule has 0 heterocycles. The second-order valence-electron chi connectivity index (χ2n) is 4.45. The first-order chi connectivity index (χ1) is 9.94. The Balaban J connectivity index is 2.71. The van der Waals surface area contributed by atoms with Crippen molar-refractivity contribution in [2.45, 2.75) is 30.8 Å². The number of aliphatic hydroxyl groups is 1. The van der Waals surface area contributed by atoms with Crippen molar-refractivity contribution in [1.29, 1.82) is 0 Å². The fourth-order valence-electron chi connectivity index (χ4n) is 1.76. The summed E-state index contributed by atoms with van der Waals surface area (Å²) >= 11 is 11.9. The number of methoxy groups -OCH3 is 1. The third kappa shape index (κ3) is 5.39. The molecular weight excluding hydrogens is 337 g/mol. The van der Waals surface area contributed by atoms with Crippen LogP contribution in [0.3, 0.4) is 0 Å². The summed E-state index contributed by atoms with van der Waals surface area (Å²) in [6.45, 7) is 0.563. The number of sulfonamides is 1. The van der Waals surface area contributed by atoms with Crippen molar-refractivity contribution < 1.29 is 18.3 Å². The standard InChI is InChI=1S/C13H19Cl2NO4S/c1-20-8-4-2-3-7-16-21(18,19)12-6-5-11(14)10(9-17)13(12)15/h5-6,16-17H,2-4,7-9H2,1H3. The average Bonchev–Trinajstić information content (AvgIpc) is 2.43. The highest BCUT2D eigenvalue weighted by Crippen LogP contribution is 2.30. The van der Waals surface area contributed by atoms with Gasteiger partial charge in [-0.2, -0.15) is 0 Å². The van der Waals surface area contributed by atoms with Gasteiger partial charge in [0, 0.05) is 30.8 Å². The molecule has 1 aromatic carbocycles. The first kappa shape index (κ1) is 18.7. The minimum Gasteiger partial charge on any atom is -0.392 e. The Morgan fingerprint density at radius 1 is 1.24 bits per heavy atom. The van der Waals surface area contributed by atoms with Gasteiger partial charge < -0.3 is 9.84 Å². The Morgan fingerprint density at radius 2 is 1.95 bits per heavy atom. The molecule has 0 aliphatic carbocycles. The maximum atomic E-state index is 12.2. The molecule has 0 aliphatic rings. The van der Waals surface area contributed by atoms with E-state index in [-0.39, 0.29) is 20.5 Å². The third-order valence-corrected chi connectivity index (χ3v) is 5.32. The highest BCUT2D eigenvalue weighted by atomic mass is 35.5. The van der Waals surface area contributed by atoms with Gasteiger partial charge >= 0.3 is 0 Å². The van der Waals surface area contributed by atoms with Crippen molar-refractivity contribution in [2.75, 3.05) is 20.3 Å². The molecule has 0 saturated heterocycles. The molecule has 0 bridgehead atoms. The van der Waals surface area contributed by atoms with E-state index in [1.807, 2.05) is 0 Å². The molecule has 0 atom stereocenters. The first-order valence-electron chi connectivity index (χ1n) is 6.50. The SMILES string of the molecule is COCCCCCNS(=O)(=O)c1ccc(Cl)c(CO)c1Cl. The van der Waals surface area contributed by atoms with Crippen LogP contribution in [-0.2, 0) is 21.4 Å². The van der Waals surface area contributed by atoms with Crippen molar-refractivity contribution in [1.82, 2.24) is 4.72 Å². The van der Waals surface area contributed by atoms with Gasteiger partial charge in [0.15, 0.2) is 0 Å². The van der Waals surface area contributed by atoms with Crippen LogP contribution in [-0.4, -0.2) is 33.8 Å². The molecule has 0 aromatic heterocycles. The van der Waals surface area contributed by atoms with Crippen LogP contribution in [0, 0.1) is 0 Å². The van der Waals surface area contributed by atoms with Gasteiger partial charge in [-0.25, -0.2) is 13.1 Å². The summed E-state index contributed by atoms with van der Waals surface area (Å²) in [5.74, 6) is 0. The smallest absolute Gasteiger partial charge is 0.242 e. The van der Waals surface area contributed by atoms with Gasteiger partial charge in [0.2, 0.25) is 10.0 Å². The summed E-state index contributed by atoms with van der Waals surface area (Å²) in [5.41, 5.74) is 0.210. The Morgan fingerprint density at radius 3 is 2.57 bits per heavy atom. The molecule has 1 aromatic rings. The fourth-order valence-corrected chi connectivity index (χ4v) is 3.73. The van der Waals surface area contributed by atoms with Crippen LogP contribution in [0.1, 0.15) is 24.8 Å². The van der Waals surface area contributed by atoms with Gasteiger partial charge in [-0.3, -0.25) is 0 Å². The quantitative estimate of drug-likeness (QED) is 0.667. The third-order valence-electron chi connectivity index (χ3n) is 2.92. The number of rotatable bonds is 9. The van der Waals surface area contributed by atoms with Crippen molar-refractivity contribution in [2.24, 2.45) is 0 Å². The summed E-state index contributed by atoms with van der Waals surface area (Å²) in [4.78, 5) is -0.0745. The van der Waals surface area contributed by atoms with E-state index < -0.39 is 16.6 Å². The van der Waals surface area contributed by atoms with E-state index in [0.717, 1.165) is 12.8 Å². The lowest BCUT2D eigenvalue weighted by Crippen LogP contribution is -2.25. The Labute approximate surface area is 135 Å². The number of benzene rings is 1. The van der Waals surface area contributed by atoms with Crippen molar-refractivity contribution in [3.05, 3.63) is 27.7 Å². The van der Waals surface area contributed by atoms with E-state index in [2.05, 4.69) is 4.72 Å². The molecule has 0 amide bonds. The highest BCUT2D eigenvalue weighted by molar-refractivity contribution is 7.89. The van der Waals surface area contributed by atoms with Gasteiger partial charge in [-0.05, 0) is 31.4 Å². The molecule has 8 heteroatoms. The van der Waals surface area contributed by atoms with E-state index in [1.165, 1.54) is 12.1 Å². The number of aliphatic hydroxyl groups excluding tert-OH is 1. The topological polar surface area (TPSA) is 75.6 Å². The van der Waals surface area contributed by atoms with Crippen molar-refractivity contribution in [3.8, 4) is 0 Å². The van der Waals surface area contributed by atoms with Gasteiger partial charge in [-0.1, -0.05) is 23.2 Å². The lowest BCUT2D eigenvalue weighted by Gasteiger charge is -2.11. The molecule has 0 unspecified atom stereocenters. The number of halogens is 2. The second-order valence-corrected chi connectivity index (χ2v) is 6.97. The number of hydrogen-bond acceptors (Lipinski definition) is 4. The minimum absolute atomic E-state index is 0.0446. The largest absolute Gasteiger partial charge is 0.392 e. The predicted molar refractivity (Wildman–Crippen MR) is 83.3 cm³/mol. The molecule has 1 rings (SSSR count). The van der Waals surface area contributed by atoms with Crippen LogP contribution >= 0.6 is 23.2 Å². The van der Waals surface area contributed by atoms with E-state index in [9.17, 15) is 13.5 Å². The van der Waals surface area contributed by atoms with Crippen LogP contribution in [0.2, 0.25) is 10.0 Å². The van der Waals surface area contributed by atoms with Crippen LogP contribution in [0.5, 0.6) is 0 Å². The molecule has 0 fully saturated rings. The summed E-state index contributed by atoms with van der Waals surface area (Å²) in [7, 11) is -2.09. The highest BCUT2D eigenvalue weighted by Gasteiger charge is 2.20. The van der Waals surface area contributed by atoms with Crippen LogP contribution < -0.4 is 4.72 Å². The maximum absolute atomic E-state index is 12.2. The van der Waals surface area contributed by atoms with Gasteiger partial charge in [0.1, 0.15) is 4.90 Å². The van der Waals surface area contributed by atoms with Crippen LogP contribution in [0.4, 0.5) is 0 Å². The van der Waals surface area contributed by atoms with Gasteiger partial charge in [0.25, 0.3) is 0 Å². The molecule has 0 radical (unpaired) electrons. The van der Waals surface area contributed by atoms with Crippen molar-refractivity contribution in [3.63, 3.8) is 0 Å². The molecule has 2 N–H and O–H groups in total. The predicted octanol–water partition coefficient (Wildman–Crippen LogP) is 2.58. The average molecular weight is 356 g/mol. The summed E-state index contributed by atoms with van der Waals surface area (Å²) in [6, 6.07) is 2.74. The number of hydrogen-bond donors (Lipinski definition) is 2. The Hall–Kier alpha value is -0.370. The molecule has 0 saturated carbocycles. The molecular formula is C13H19Cl2NO4S. The lowest BCUT2D eigenvalue weighted by molar-refractivity contribution is 0.192. The maximum Gasteiger partial charge on any atom is 0.242 e. The van der Waals surface area contributed by atoms with Gasteiger partial charge in [-0.15, -0.1) is 0 Å².